The van der Waals surface area contributed by atoms with Gasteiger partial charge in [0.1, 0.15) is 5.58 Å². The van der Waals surface area contributed by atoms with Gasteiger partial charge in [0, 0.05) is 54.8 Å². The molecule has 0 spiro atoms. The summed E-state index contributed by atoms with van der Waals surface area (Å²) in [5.41, 5.74) is 13.6. The van der Waals surface area contributed by atoms with Gasteiger partial charge >= 0.3 is 0 Å². The van der Waals surface area contributed by atoms with Crippen molar-refractivity contribution in [2.24, 2.45) is 0 Å². The molecule has 62 heavy (non-hydrogen) atoms. The molecule has 0 aliphatic rings. The fraction of sp³-hybridized carbons (Fsp3) is 0. The van der Waals surface area contributed by atoms with Gasteiger partial charge in [0.25, 0.3) is 0 Å². The number of benzene rings is 9. The van der Waals surface area contributed by atoms with E-state index in [1.165, 1.54) is 10.8 Å². The summed E-state index contributed by atoms with van der Waals surface area (Å²) in [5, 5.41) is 16.5. The second-order valence-electron chi connectivity index (χ2n) is 15.8. The monoisotopic (exact) mass is 793 g/mol. The second-order valence-corrected chi connectivity index (χ2v) is 15.8. The van der Waals surface area contributed by atoms with Crippen LogP contribution in [0, 0.1) is 0 Å². The van der Waals surface area contributed by atoms with Gasteiger partial charge in [-0.3, -0.25) is 4.57 Å². The van der Waals surface area contributed by atoms with Gasteiger partial charge in [0.05, 0.1) is 27.8 Å². The van der Waals surface area contributed by atoms with E-state index in [4.69, 9.17) is 14.6 Å². The normalized spacial score (nSPS) is 11.9. The molecule has 0 atom stereocenters. The van der Waals surface area contributed by atoms with E-state index in [1.54, 1.807) is 0 Å². The summed E-state index contributed by atoms with van der Waals surface area (Å²) in [6.45, 7) is 0. The lowest BCUT2D eigenvalue weighted by molar-refractivity contribution is 0.671. The first-order chi connectivity index (χ1) is 30.8. The topological polar surface area (TPSA) is 53.7 Å². The SMILES string of the molecule is c1ccc(-c2nnc(-c3ccccc3)n2-c2cccc3c2c2ccccc2n3-c2cccc(-c3cccc(-n4c5ccccc5c5ccc6c7ccccc7oc6c54)c3)c2)cc1. The van der Waals surface area contributed by atoms with E-state index in [-0.39, 0.29) is 0 Å². The van der Waals surface area contributed by atoms with Crippen LogP contribution in [0.1, 0.15) is 0 Å². The number of rotatable bonds is 6. The Morgan fingerprint density at radius 3 is 1.55 bits per heavy atom. The molecule has 6 nitrogen and oxygen atoms in total. The molecule has 0 fully saturated rings. The predicted molar refractivity (Wildman–Crippen MR) is 254 cm³/mol. The fourth-order valence-corrected chi connectivity index (χ4v) is 9.67. The molecule has 0 aliphatic heterocycles. The highest BCUT2D eigenvalue weighted by atomic mass is 16.3. The van der Waals surface area contributed by atoms with Crippen LogP contribution in [-0.2, 0) is 0 Å². The zero-order valence-electron chi connectivity index (χ0n) is 33.4. The van der Waals surface area contributed by atoms with Gasteiger partial charge < -0.3 is 13.6 Å². The molecule has 0 saturated heterocycles. The Kier molecular flexibility index (Phi) is 7.50. The van der Waals surface area contributed by atoms with E-state index < -0.39 is 0 Å². The first-order valence-electron chi connectivity index (χ1n) is 20.9. The smallest absolute Gasteiger partial charge is 0.168 e. The molecule has 13 aromatic rings. The summed E-state index contributed by atoms with van der Waals surface area (Å²) >= 11 is 0. The molecule has 0 aliphatic carbocycles. The van der Waals surface area contributed by atoms with Crippen molar-refractivity contribution < 1.29 is 4.42 Å². The van der Waals surface area contributed by atoms with E-state index in [1.807, 2.05) is 42.5 Å². The molecule has 13 rings (SSSR count). The van der Waals surface area contributed by atoms with E-state index in [2.05, 4.69) is 184 Å². The molecular formula is C56H35N5O. The molecule has 0 bridgehead atoms. The Balaban J connectivity index is 0.998. The molecule has 0 unspecified atom stereocenters. The largest absolute Gasteiger partial charge is 0.454 e. The summed E-state index contributed by atoms with van der Waals surface area (Å²) < 4.78 is 13.6. The first kappa shape index (κ1) is 34.4. The summed E-state index contributed by atoms with van der Waals surface area (Å²) in [7, 11) is 0. The van der Waals surface area contributed by atoms with Crippen molar-refractivity contribution in [3.63, 3.8) is 0 Å². The van der Waals surface area contributed by atoms with Crippen LogP contribution in [0.5, 0.6) is 0 Å². The minimum atomic E-state index is 0.792. The Labute approximate surface area is 355 Å². The standard InChI is InChI=1S/C56H35N5O/c1-3-16-36(17-4-1)55-57-58-56(37-18-5-2-6-19-37)61(55)50-30-15-29-49-52(50)46-26-8-11-28-48(46)59(49)40-22-13-20-38(34-40)39-21-14-23-41(35-39)60-47-27-10-7-24-42(47)44-32-33-45-43-25-9-12-31-51(43)62-54(45)53(44)60/h1-35H. The third kappa shape index (κ3) is 5.10. The van der Waals surface area contributed by atoms with Crippen LogP contribution < -0.4 is 0 Å². The van der Waals surface area contributed by atoms with Crippen molar-refractivity contribution >= 4 is 65.6 Å². The number of furan rings is 1. The van der Waals surface area contributed by atoms with Crippen molar-refractivity contribution in [3.05, 3.63) is 212 Å². The Bertz CT molecular complexity index is 3810. The molecule has 6 heteroatoms. The van der Waals surface area contributed by atoms with E-state index in [0.29, 0.717) is 0 Å². The van der Waals surface area contributed by atoms with Gasteiger partial charge in [-0.25, -0.2) is 0 Å². The molecule has 4 aromatic heterocycles. The minimum absolute atomic E-state index is 0.792. The van der Waals surface area contributed by atoms with Gasteiger partial charge in [0.2, 0.25) is 0 Å². The highest BCUT2D eigenvalue weighted by molar-refractivity contribution is 6.21. The van der Waals surface area contributed by atoms with Crippen LogP contribution in [0.4, 0.5) is 0 Å². The van der Waals surface area contributed by atoms with Crippen LogP contribution in [0.25, 0.3) is 117 Å². The van der Waals surface area contributed by atoms with Crippen molar-refractivity contribution in [2.75, 3.05) is 0 Å². The summed E-state index contributed by atoms with van der Waals surface area (Å²) in [6, 6.07) is 75.1. The van der Waals surface area contributed by atoms with Gasteiger partial charge in [-0.2, -0.15) is 0 Å². The van der Waals surface area contributed by atoms with E-state index in [9.17, 15) is 0 Å². The van der Waals surface area contributed by atoms with Crippen molar-refractivity contribution in [1.82, 2.24) is 23.9 Å². The predicted octanol–water partition coefficient (Wildman–Crippen LogP) is 14.4. The minimum Gasteiger partial charge on any atom is -0.454 e. The van der Waals surface area contributed by atoms with E-state index in [0.717, 1.165) is 106 Å². The van der Waals surface area contributed by atoms with Crippen LogP contribution in [0.3, 0.4) is 0 Å². The number of aromatic nitrogens is 5. The van der Waals surface area contributed by atoms with Crippen LogP contribution in [-0.4, -0.2) is 23.9 Å². The van der Waals surface area contributed by atoms with Crippen molar-refractivity contribution in [2.45, 2.75) is 0 Å². The van der Waals surface area contributed by atoms with Crippen LogP contribution >= 0.6 is 0 Å². The average Bonchev–Trinajstić information content (AvgIpc) is 4.12. The van der Waals surface area contributed by atoms with Crippen LogP contribution in [0.15, 0.2) is 217 Å². The number of hydrogen-bond donors (Lipinski definition) is 0. The molecule has 290 valence electrons. The van der Waals surface area contributed by atoms with Crippen LogP contribution in [0.2, 0.25) is 0 Å². The third-order valence-electron chi connectivity index (χ3n) is 12.4. The molecule has 9 aromatic carbocycles. The van der Waals surface area contributed by atoms with Gasteiger partial charge in [-0.15, -0.1) is 10.2 Å². The third-order valence-corrected chi connectivity index (χ3v) is 12.4. The first-order valence-corrected chi connectivity index (χ1v) is 20.9. The highest BCUT2D eigenvalue weighted by Crippen LogP contribution is 2.42. The molecular weight excluding hydrogens is 759 g/mol. The molecule has 0 saturated carbocycles. The second kappa shape index (κ2) is 13.5. The molecule has 0 amide bonds. The maximum atomic E-state index is 6.66. The Morgan fingerprint density at radius 1 is 0.339 bits per heavy atom. The average molecular weight is 794 g/mol. The van der Waals surface area contributed by atoms with Crippen molar-refractivity contribution in [3.8, 4) is 51.0 Å². The number of nitrogens with zero attached hydrogens (tertiary/aromatic N) is 5. The maximum absolute atomic E-state index is 6.66. The number of para-hydroxylation sites is 3. The maximum Gasteiger partial charge on any atom is 0.168 e. The molecule has 4 heterocycles. The highest BCUT2D eigenvalue weighted by Gasteiger charge is 2.23. The zero-order valence-corrected chi connectivity index (χ0v) is 33.4. The number of fused-ring (bicyclic) bond motifs is 10. The van der Waals surface area contributed by atoms with Gasteiger partial charge in [-0.05, 0) is 71.8 Å². The molecule has 0 N–H and O–H groups in total. The Morgan fingerprint density at radius 2 is 0.855 bits per heavy atom. The summed E-state index contributed by atoms with van der Waals surface area (Å²) in [6.07, 6.45) is 0. The lowest BCUT2D eigenvalue weighted by Crippen LogP contribution is -2.01. The summed E-state index contributed by atoms with van der Waals surface area (Å²) in [5.74, 6) is 1.58. The molecule has 0 radical (unpaired) electrons. The fourth-order valence-electron chi connectivity index (χ4n) is 9.67. The lowest BCUT2D eigenvalue weighted by atomic mass is 10.0. The van der Waals surface area contributed by atoms with Crippen molar-refractivity contribution in [1.29, 1.82) is 0 Å². The summed E-state index contributed by atoms with van der Waals surface area (Å²) in [4.78, 5) is 0. The van der Waals surface area contributed by atoms with Gasteiger partial charge in [-0.1, -0.05) is 152 Å². The number of hydrogen-bond acceptors (Lipinski definition) is 3. The quantitative estimate of drug-likeness (QED) is 0.168. The Hall–Kier alpha value is -8.48. The van der Waals surface area contributed by atoms with E-state index >= 15 is 0 Å². The lowest BCUT2D eigenvalue weighted by Gasteiger charge is -2.14. The zero-order chi connectivity index (χ0) is 40.7. The van der Waals surface area contributed by atoms with Gasteiger partial charge in [0.15, 0.2) is 17.2 Å².